The van der Waals surface area contributed by atoms with Gasteiger partial charge in [-0.25, -0.2) is 9.37 Å². The maximum atomic E-state index is 13.3. The van der Waals surface area contributed by atoms with E-state index in [1.165, 1.54) is 19.3 Å². The van der Waals surface area contributed by atoms with Crippen molar-refractivity contribution in [3.63, 3.8) is 0 Å². The molecule has 4 fully saturated rings. The summed E-state index contributed by atoms with van der Waals surface area (Å²) in [5, 5.41) is 10.5. The minimum atomic E-state index is -1.06. The van der Waals surface area contributed by atoms with Crippen molar-refractivity contribution >= 4 is 5.78 Å². The van der Waals surface area contributed by atoms with E-state index in [4.69, 9.17) is 0 Å². The van der Waals surface area contributed by atoms with Gasteiger partial charge in [-0.2, -0.15) is 0 Å². The smallest absolute Gasteiger partial charge is 0.144 e. The quantitative estimate of drug-likeness (QED) is 0.780. The van der Waals surface area contributed by atoms with Gasteiger partial charge in [-0.1, -0.05) is 6.92 Å². The molecule has 0 aromatic carbocycles. The lowest BCUT2D eigenvalue weighted by atomic mass is 9.49. The minimum Gasteiger partial charge on any atom is -0.387 e. The summed E-state index contributed by atoms with van der Waals surface area (Å²) in [6.07, 6.45) is 13.1. The van der Waals surface area contributed by atoms with E-state index in [1.54, 1.807) is 12.4 Å². The molecule has 1 aromatic rings. The number of hydrogen-bond donors (Lipinski definition) is 2. The lowest BCUT2D eigenvalue weighted by Crippen LogP contribution is -2.52. The van der Waals surface area contributed by atoms with Crippen LogP contribution in [0.15, 0.2) is 12.4 Å². The first kappa shape index (κ1) is 19.7. The van der Waals surface area contributed by atoms with E-state index in [-0.39, 0.29) is 11.3 Å². The van der Waals surface area contributed by atoms with Crippen LogP contribution >= 0.6 is 0 Å². The molecule has 0 radical (unpaired) electrons. The number of hydrogen-bond acceptors (Lipinski definition) is 3. The molecule has 160 valence electrons. The van der Waals surface area contributed by atoms with Crippen molar-refractivity contribution in [1.82, 2.24) is 9.97 Å². The Morgan fingerprint density at radius 1 is 1.17 bits per heavy atom. The molecule has 0 amide bonds. The fourth-order valence-electron chi connectivity index (χ4n) is 8.30. The van der Waals surface area contributed by atoms with E-state index in [1.807, 2.05) is 0 Å². The first-order chi connectivity index (χ1) is 13.9. The number of H-pyrrole nitrogens is 1. The highest BCUT2D eigenvalue weighted by Crippen LogP contribution is 2.64. The average Bonchev–Trinajstić information content (AvgIpc) is 3.34. The maximum absolute atomic E-state index is 13.3. The fourth-order valence-corrected chi connectivity index (χ4v) is 8.30. The van der Waals surface area contributed by atoms with E-state index in [0.717, 1.165) is 37.4 Å². The Hall–Kier alpha value is -1.23. The number of nitrogens with zero attached hydrogens (tertiary/aromatic N) is 1. The van der Waals surface area contributed by atoms with E-state index in [9.17, 15) is 14.3 Å². The molecular formula is C24H35FN2O2. The summed E-state index contributed by atoms with van der Waals surface area (Å²) in [6.45, 7) is 1.80. The van der Waals surface area contributed by atoms with Crippen LogP contribution in [0.4, 0.5) is 4.39 Å². The van der Waals surface area contributed by atoms with Gasteiger partial charge in [-0.3, -0.25) is 4.79 Å². The van der Waals surface area contributed by atoms with E-state index >= 15 is 0 Å². The number of aliphatic hydroxyl groups is 1. The molecular weight excluding hydrogens is 367 g/mol. The Labute approximate surface area is 173 Å². The highest BCUT2D eigenvalue weighted by atomic mass is 19.1. The molecule has 8 atom stereocenters. The van der Waals surface area contributed by atoms with Gasteiger partial charge in [0.1, 0.15) is 18.3 Å². The second-order valence-corrected chi connectivity index (χ2v) is 10.9. The molecule has 1 heterocycles. The normalized spacial score (nSPS) is 46.6. The van der Waals surface area contributed by atoms with Gasteiger partial charge >= 0.3 is 0 Å². The number of halogens is 1. The maximum Gasteiger partial charge on any atom is 0.144 e. The molecule has 1 aromatic heterocycles. The lowest BCUT2D eigenvalue weighted by molar-refractivity contribution is -0.133. The molecule has 0 bridgehead atoms. The van der Waals surface area contributed by atoms with Crippen molar-refractivity contribution in [3.05, 3.63) is 18.2 Å². The summed E-state index contributed by atoms with van der Waals surface area (Å²) in [5.41, 5.74) is -0.931. The minimum absolute atomic E-state index is 0.131. The van der Waals surface area contributed by atoms with Crippen LogP contribution in [0.3, 0.4) is 0 Å². The van der Waals surface area contributed by atoms with Crippen LogP contribution in [0, 0.1) is 40.9 Å². The van der Waals surface area contributed by atoms with Crippen molar-refractivity contribution in [2.24, 2.45) is 40.9 Å². The van der Waals surface area contributed by atoms with Crippen LogP contribution in [0.1, 0.15) is 70.5 Å². The lowest BCUT2D eigenvalue weighted by Gasteiger charge is -2.57. The Kier molecular flexibility index (Phi) is 4.88. The molecule has 4 saturated carbocycles. The van der Waals surface area contributed by atoms with Crippen LogP contribution in [-0.4, -0.2) is 33.1 Å². The van der Waals surface area contributed by atoms with Gasteiger partial charge in [0.15, 0.2) is 0 Å². The molecule has 5 heteroatoms. The third-order valence-electron chi connectivity index (χ3n) is 9.64. The number of aromatic nitrogens is 2. The second-order valence-electron chi connectivity index (χ2n) is 10.9. The molecule has 4 nitrogen and oxygen atoms in total. The number of Topliss-reactive ketones (excluding diaryl/α,β-unsaturated/α-hetero) is 1. The molecule has 0 aliphatic heterocycles. The standard InChI is InChI=1S/C24H35FN2O2/c1-23-8-6-17-16-7-9-24(29,14-25)13-15(16)2-3-18(17)19(23)4-5-20(23)21(28)12-22-26-10-11-27-22/h10-11,15-20,29H,2-9,12-14H2,1H3,(H,26,27). The monoisotopic (exact) mass is 402 g/mol. The van der Waals surface area contributed by atoms with Crippen molar-refractivity contribution in [2.75, 3.05) is 6.67 Å². The number of aromatic amines is 1. The predicted octanol–water partition coefficient (Wildman–Crippen LogP) is 4.49. The first-order valence-electron chi connectivity index (χ1n) is 11.7. The average molecular weight is 403 g/mol. The van der Waals surface area contributed by atoms with Gasteiger partial charge in [0, 0.05) is 18.3 Å². The van der Waals surface area contributed by atoms with Crippen molar-refractivity contribution in [3.8, 4) is 0 Å². The summed E-state index contributed by atoms with van der Waals surface area (Å²) < 4.78 is 13.3. The topological polar surface area (TPSA) is 66.0 Å². The number of fused-ring (bicyclic) bond motifs is 5. The molecule has 4 aliphatic rings. The zero-order valence-corrected chi connectivity index (χ0v) is 17.6. The fraction of sp³-hybridized carbons (Fsp3) is 0.833. The predicted molar refractivity (Wildman–Crippen MR) is 109 cm³/mol. The highest BCUT2D eigenvalue weighted by Gasteiger charge is 2.58. The number of rotatable bonds is 4. The second kappa shape index (κ2) is 7.18. The van der Waals surface area contributed by atoms with Crippen LogP contribution < -0.4 is 0 Å². The van der Waals surface area contributed by atoms with Crippen molar-refractivity contribution in [2.45, 2.75) is 76.7 Å². The van der Waals surface area contributed by atoms with Crippen LogP contribution in [0.5, 0.6) is 0 Å². The van der Waals surface area contributed by atoms with Gasteiger partial charge in [-0.15, -0.1) is 0 Å². The SMILES string of the molecule is CC12CCC3C4CCC(O)(CF)CC4CCC3C1CCC2C(=O)Cc1ncc[nH]1. The first-order valence-corrected chi connectivity index (χ1v) is 11.7. The number of alkyl halides is 1. The van der Waals surface area contributed by atoms with E-state index in [0.29, 0.717) is 48.7 Å². The molecule has 0 spiro atoms. The number of imidazole rings is 1. The summed E-state index contributed by atoms with van der Waals surface area (Å²) in [4.78, 5) is 20.5. The van der Waals surface area contributed by atoms with Gasteiger partial charge in [0.2, 0.25) is 0 Å². The summed E-state index contributed by atoms with van der Waals surface area (Å²) in [5.74, 6) is 4.55. The molecule has 0 saturated heterocycles. The number of nitrogens with one attached hydrogen (secondary N) is 1. The Bertz CT molecular complexity index is 752. The van der Waals surface area contributed by atoms with Crippen LogP contribution in [0.2, 0.25) is 0 Å². The van der Waals surface area contributed by atoms with Crippen molar-refractivity contribution in [1.29, 1.82) is 0 Å². The zero-order chi connectivity index (χ0) is 20.2. The molecule has 29 heavy (non-hydrogen) atoms. The molecule has 8 unspecified atom stereocenters. The number of carbonyl (C=O) groups excluding carboxylic acids is 1. The molecule has 2 N–H and O–H groups in total. The van der Waals surface area contributed by atoms with Crippen LogP contribution in [-0.2, 0) is 11.2 Å². The third-order valence-corrected chi connectivity index (χ3v) is 9.64. The summed E-state index contributed by atoms with van der Waals surface area (Å²) in [6, 6.07) is 0. The molecule has 4 aliphatic carbocycles. The summed E-state index contributed by atoms with van der Waals surface area (Å²) in [7, 11) is 0. The van der Waals surface area contributed by atoms with E-state index < -0.39 is 12.3 Å². The van der Waals surface area contributed by atoms with Gasteiger partial charge in [0.25, 0.3) is 0 Å². The van der Waals surface area contributed by atoms with Crippen molar-refractivity contribution < 1.29 is 14.3 Å². The number of carbonyl (C=O) groups is 1. The molecule has 5 rings (SSSR count). The largest absolute Gasteiger partial charge is 0.387 e. The summed E-state index contributed by atoms with van der Waals surface area (Å²) >= 11 is 0. The number of ketones is 1. The Balaban J connectivity index is 1.31. The third kappa shape index (κ3) is 3.19. The van der Waals surface area contributed by atoms with Gasteiger partial charge < -0.3 is 10.1 Å². The van der Waals surface area contributed by atoms with E-state index in [2.05, 4.69) is 16.9 Å². The van der Waals surface area contributed by atoms with Gasteiger partial charge in [0.05, 0.1) is 12.0 Å². The Morgan fingerprint density at radius 3 is 2.76 bits per heavy atom. The van der Waals surface area contributed by atoms with Crippen LogP contribution in [0.25, 0.3) is 0 Å². The van der Waals surface area contributed by atoms with Gasteiger partial charge in [-0.05, 0) is 92.8 Å². The highest BCUT2D eigenvalue weighted by molar-refractivity contribution is 5.83. The Morgan fingerprint density at radius 2 is 2.00 bits per heavy atom. The zero-order valence-electron chi connectivity index (χ0n) is 17.6.